The molecule has 31 heavy (non-hydrogen) atoms. The third-order valence-corrected chi connectivity index (χ3v) is 8.40. The Bertz CT molecular complexity index is 1120. The minimum Gasteiger partial charge on any atom is -0.504 e. The van der Waals surface area contributed by atoms with Crippen LogP contribution in [0.1, 0.15) is 29.5 Å². The summed E-state index contributed by atoms with van der Waals surface area (Å²) in [5, 5.41) is 13.8. The van der Waals surface area contributed by atoms with Gasteiger partial charge < -0.3 is 19.9 Å². The number of hydrogen-bond acceptors (Lipinski definition) is 6. The molecule has 7 nitrogen and oxygen atoms in total. The van der Waals surface area contributed by atoms with Crippen LogP contribution in [0.5, 0.6) is 11.5 Å². The summed E-state index contributed by atoms with van der Waals surface area (Å²) < 4.78 is 38.3. The molecule has 2 aromatic carbocycles. The van der Waals surface area contributed by atoms with E-state index >= 15 is 0 Å². The molecule has 1 aliphatic carbocycles. The molecule has 2 aromatic rings. The number of fused-ring (bicyclic) bond motifs is 3. The predicted molar refractivity (Wildman–Crippen MR) is 117 cm³/mol. The minimum atomic E-state index is -3.55. The van der Waals surface area contributed by atoms with Gasteiger partial charge in [-0.3, -0.25) is 0 Å². The summed E-state index contributed by atoms with van der Waals surface area (Å²) in [5.74, 6) is 0.910. The first-order valence-electron chi connectivity index (χ1n) is 10.5. The van der Waals surface area contributed by atoms with Crippen LogP contribution in [0.4, 0.5) is 5.69 Å². The lowest BCUT2D eigenvalue weighted by Gasteiger charge is -2.38. The lowest BCUT2D eigenvalue weighted by atomic mass is 9.77. The second-order valence-corrected chi connectivity index (χ2v) is 10.1. The van der Waals surface area contributed by atoms with Gasteiger partial charge in [0.05, 0.1) is 31.3 Å². The summed E-state index contributed by atoms with van der Waals surface area (Å²) in [6.07, 6.45) is 5.21. The molecule has 1 saturated heterocycles. The van der Waals surface area contributed by atoms with E-state index in [9.17, 15) is 13.5 Å². The Labute approximate surface area is 182 Å². The number of sulfonamides is 1. The Morgan fingerprint density at radius 2 is 1.97 bits per heavy atom. The second kappa shape index (κ2) is 7.85. The lowest BCUT2D eigenvalue weighted by molar-refractivity contribution is 0.0730. The topological polar surface area (TPSA) is 88.1 Å². The first-order valence-corrected chi connectivity index (χ1v) is 11.9. The number of nitrogens with one attached hydrogen (secondary N) is 1. The SMILES string of the molecule is COc1ccc(C2Nc3ccc(S(=O)(=O)N4CCOCC4)cc3C3C=CCC32)cc1O. The molecular weight excluding hydrogens is 416 g/mol. The average Bonchev–Trinajstić information content (AvgIpc) is 3.29. The van der Waals surface area contributed by atoms with E-state index in [2.05, 4.69) is 17.5 Å². The molecule has 2 heterocycles. The van der Waals surface area contributed by atoms with E-state index in [0.29, 0.717) is 36.9 Å². The van der Waals surface area contributed by atoms with Crippen molar-refractivity contribution in [3.05, 3.63) is 59.7 Å². The maximum absolute atomic E-state index is 13.1. The maximum Gasteiger partial charge on any atom is 0.243 e. The van der Waals surface area contributed by atoms with E-state index in [1.807, 2.05) is 18.2 Å². The number of benzene rings is 2. The fraction of sp³-hybridized carbons (Fsp3) is 0.391. The van der Waals surface area contributed by atoms with Crippen molar-refractivity contribution in [3.63, 3.8) is 0 Å². The number of methoxy groups -OCH3 is 1. The minimum absolute atomic E-state index is 0.00556. The molecule has 0 aromatic heterocycles. The number of hydrogen-bond donors (Lipinski definition) is 2. The van der Waals surface area contributed by atoms with Gasteiger partial charge in [0.1, 0.15) is 0 Å². The Hall–Kier alpha value is -2.55. The molecule has 3 unspecified atom stereocenters. The van der Waals surface area contributed by atoms with Crippen molar-refractivity contribution in [2.24, 2.45) is 5.92 Å². The zero-order valence-electron chi connectivity index (χ0n) is 17.3. The number of nitrogens with zero attached hydrogens (tertiary/aromatic N) is 1. The highest BCUT2D eigenvalue weighted by Gasteiger charge is 2.39. The molecule has 2 aliphatic heterocycles. The van der Waals surface area contributed by atoms with E-state index < -0.39 is 10.0 Å². The van der Waals surface area contributed by atoms with Crippen LogP contribution in [0.25, 0.3) is 0 Å². The molecule has 1 fully saturated rings. The van der Waals surface area contributed by atoms with Gasteiger partial charge in [0.25, 0.3) is 0 Å². The molecule has 2 N–H and O–H groups in total. The molecule has 0 saturated carbocycles. The third kappa shape index (κ3) is 3.48. The van der Waals surface area contributed by atoms with Gasteiger partial charge in [-0.25, -0.2) is 8.42 Å². The zero-order valence-corrected chi connectivity index (χ0v) is 18.1. The van der Waals surface area contributed by atoms with Crippen LogP contribution in [0, 0.1) is 5.92 Å². The molecule has 164 valence electrons. The largest absolute Gasteiger partial charge is 0.504 e. The zero-order chi connectivity index (χ0) is 21.6. The van der Waals surface area contributed by atoms with Crippen LogP contribution in [-0.2, 0) is 14.8 Å². The first-order chi connectivity index (χ1) is 15.0. The summed E-state index contributed by atoms with van der Waals surface area (Å²) in [6, 6.07) is 10.9. The van der Waals surface area contributed by atoms with Gasteiger partial charge in [-0.05, 0) is 53.8 Å². The number of phenols is 1. The van der Waals surface area contributed by atoms with Crippen molar-refractivity contribution < 1.29 is 23.0 Å². The number of phenolic OH excluding ortho intramolecular Hbond substituents is 1. The van der Waals surface area contributed by atoms with E-state index in [4.69, 9.17) is 9.47 Å². The Morgan fingerprint density at radius 1 is 1.16 bits per heavy atom. The molecular formula is C23H26N2O5S. The van der Waals surface area contributed by atoms with Crippen molar-refractivity contribution in [1.82, 2.24) is 4.31 Å². The van der Waals surface area contributed by atoms with Crippen molar-refractivity contribution in [2.75, 3.05) is 38.7 Å². The van der Waals surface area contributed by atoms with Crippen LogP contribution in [0.15, 0.2) is 53.4 Å². The average molecular weight is 443 g/mol. The highest BCUT2D eigenvalue weighted by atomic mass is 32.2. The number of rotatable bonds is 4. The molecule has 0 amide bonds. The van der Waals surface area contributed by atoms with Gasteiger partial charge in [-0.2, -0.15) is 4.31 Å². The van der Waals surface area contributed by atoms with E-state index in [-0.39, 0.29) is 23.6 Å². The van der Waals surface area contributed by atoms with Crippen LogP contribution in [0.2, 0.25) is 0 Å². The van der Waals surface area contributed by atoms with Gasteiger partial charge in [0, 0.05) is 24.7 Å². The third-order valence-electron chi connectivity index (χ3n) is 6.50. The van der Waals surface area contributed by atoms with Crippen molar-refractivity contribution in [1.29, 1.82) is 0 Å². The van der Waals surface area contributed by atoms with Gasteiger partial charge in [0.2, 0.25) is 10.0 Å². The van der Waals surface area contributed by atoms with Crippen molar-refractivity contribution >= 4 is 15.7 Å². The summed E-state index contributed by atoms with van der Waals surface area (Å²) in [5.41, 5.74) is 2.91. The summed E-state index contributed by atoms with van der Waals surface area (Å²) in [4.78, 5) is 0.328. The fourth-order valence-electron chi connectivity index (χ4n) is 4.90. The van der Waals surface area contributed by atoms with Gasteiger partial charge >= 0.3 is 0 Å². The fourth-order valence-corrected chi connectivity index (χ4v) is 6.34. The van der Waals surface area contributed by atoms with Crippen LogP contribution >= 0.6 is 0 Å². The lowest BCUT2D eigenvalue weighted by Crippen LogP contribution is -2.40. The van der Waals surface area contributed by atoms with Crippen molar-refractivity contribution in [3.8, 4) is 11.5 Å². The van der Waals surface area contributed by atoms with Gasteiger partial charge in [-0.1, -0.05) is 18.2 Å². The van der Waals surface area contributed by atoms with E-state index in [1.165, 1.54) is 11.4 Å². The monoisotopic (exact) mass is 442 g/mol. The molecule has 0 radical (unpaired) electrons. The molecule has 8 heteroatoms. The summed E-state index contributed by atoms with van der Waals surface area (Å²) in [7, 11) is -2.02. The predicted octanol–water partition coefficient (Wildman–Crippen LogP) is 3.25. The number of allylic oxidation sites excluding steroid dienone is 2. The van der Waals surface area contributed by atoms with Crippen molar-refractivity contribution in [2.45, 2.75) is 23.3 Å². The quantitative estimate of drug-likeness (QED) is 0.707. The molecule has 3 atom stereocenters. The summed E-state index contributed by atoms with van der Waals surface area (Å²) in [6.45, 7) is 1.62. The first kappa shape index (κ1) is 20.4. The number of morpholine rings is 1. The Morgan fingerprint density at radius 3 is 2.71 bits per heavy atom. The van der Waals surface area contributed by atoms with Gasteiger partial charge in [0.15, 0.2) is 11.5 Å². The number of anilines is 1. The van der Waals surface area contributed by atoms with Crippen LogP contribution in [-0.4, -0.2) is 51.2 Å². The van der Waals surface area contributed by atoms with E-state index in [1.54, 1.807) is 18.2 Å². The second-order valence-electron chi connectivity index (χ2n) is 8.17. The van der Waals surface area contributed by atoms with Crippen LogP contribution < -0.4 is 10.1 Å². The normalized spacial score (nSPS) is 25.5. The molecule has 0 bridgehead atoms. The molecule has 0 spiro atoms. The summed E-state index contributed by atoms with van der Waals surface area (Å²) >= 11 is 0. The number of ether oxygens (including phenoxy) is 2. The maximum atomic E-state index is 13.1. The Kier molecular flexibility index (Phi) is 5.16. The Balaban J connectivity index is 1.50. The number of aromatic hydroxyl groups is 1. The standard InChI is InChI=1S/C23H26N2O5S/c1-29-22-8-5-15(13-21(22)26)23-18-4-2-3-17(18)19-14-16(6-7-20(19)24-23)31(27,28)25-9-11-30-12-10-25/h2-3,5-8,13-14,17-18,23-24,26H,4,9-12H2,1H3. The highest BCUT2D eigenvalue weighted by molar-refractivity contribution is 7.89. The smallest absolute Gasteiger partial charge is 0.243 e. The molecule has 5 rings (SSSR count). The molecule has 3 aliphatic rings. The van der Waals surface area contributed by atoms with Gasteiger partial charge in [-0.15, -0.1) is 0 Å². The van der Waals surface area contributed by atoms with E-state index in [0.717, 1.165) is 23.2 Å². The highest BCUT2D eigenvalue weighted by Crippen LogP contribution is 2.50. The van der Waals surface area contributed by atoms with Crippen LogP contribution in [0.3, 0.4) is 0 Å².